The number of likely N-dealkylation sites (N-methyl/N-ethyl adjacent to an activating group) is 1. The van der Waals surface area contributed by atoms with E-state index < -0.39 is 0 Å². The average molecular weight is 488 g/mol. The number of carbonyl (C=O) groups is 2. The largest absolute Gasteiger partial charge is 0.355 e. The van der Waals surface area contributed by atoms with E-state index in [1.54, 1.807) is 0 Å². The third-order valence-electron chi connectivity index (χ3n) is 11.8. The van der Waals surface area contributed by atoms with Gasteiger partial charge in [0.1, 0.15) is 5.78 Å². The number of nitrogens with zero attached hydrogens (tertiary/aromatic N) is 1. The Hall–Kier alpha value is -0.940. The maximum Gasteiger partial charge on any atom is 0.220 e. The van der Waals surface area contributed by atoms with Gasteiger partial charge in [-0.05, 0) is 105 Å². The van der Waals surface area contributed by atoms with Gasteiger partial charge in [-0.25, -0.2) is 0 Å². The van der Waals surface area contributed by atoms with Crippen LogP contribution in [0.3, 0.4) is 0 Å². The van der Waals surface area contributed by atoms with Crippen LogP contribution < -0.4 is 11.1 Å². The molecule has 0 radical (unpaired) electrons. The molecule has 0 heterocycles. The van der Waals surface area contributed by atoms with Crippen LogP contribution in [0.15, 0.2) is 0 Å². The van der Waals surface area contributed by atoms with Crippen LogP contribution in [0.1, 0.15) is 98.8 Å². The second kappa shape index (κ2) is 10.8. The molecule has 5 nitrogen and oxygen atoms in total. The van der Waals surface area contributed by atoms with E-state index in [1.165, 1.54) is 25.7 Å². The van der Waals surface area contributed by atoms with Gasteiger partial charge in [0.15, 0.2) is 0 Å². The van der Waals surface area contributed by atoms with Gasteiger partial charge in [0.05, 0.1) is 0 Å². The van der Waals surface area contributed by atoms with Crippen LogP contribution in [0.2, 0.25) is 0 Å². The summed E-state index contributed by atoms with van der Waals surface area (Å²) in [5, 5.41) is 3.12. The zero-order chi connectivity index (χ0) is 25.4. The maximum absolute atomic E-state index is 13.9. The number of hydrogen-bond donors (Lipinski definition) is 2. The van der Waals surface area contributed by atoms with Crippen molar-refractivity contribution < 1.29 is 9.59 Å². The molecule has 5 heteroatoms. The number of rotatable bonds is 9. The molecule has 200 valence electrons. The fourth-order valence-electron chi connectivity index (χ4n) is 9.48. The second-order valence-electron chi connectivity index (χ2n) is 13.2. The number of nitrogens with two attached hydrogens (primary N) is 1. The van der Waals surface area contributed by atoms with Crippen molar-refractivity contribution in [2.45, 2.75) is 105 Å². The molecule has 35 heavy (non-hydrogen) atoms. The zero-order valence-electron chi connectivity index (χ0n) is 23.3. The first-order valence-electron chi connectivity index (χ1n) is 14.9. The normalized spacial score (nSPS) is 41.7. The standard InChI is InChI=1S/C30H53N3O2/c1-6-33(7-2)17-16-32-28(35)13-8-20(3)24-11-12-25-23-10-9-21-18-22(31)14-15-29(21,4)26(23)19-27(34)30(24,25)5/h20-26H,6-19,31H2,1-5H3,(H,32,35)/t20-,21-,22+,23+,24-,25+,26+,29+,30-/m1/s1. The molecule has 0 aromatic carbocycles. The van der Waals surface area contributed by atoms with Crippen molar-refractivity contribution in [3.8, 4) is 0 Å². The van der Waals surface area contributed by atoms with Crippen LogP contribution >= 0.6 is 0 Å². The highest BCUT2D eigenvalue weighted by atomic mass is 16.1. The molecule has 3 N–H and O–H groups in total. The van der Waals surface area contributed by atoms with E-state index in [0.717, 1.165) is 58.3 Å². The molecular formula is C30H53N3O2. The van der Waals surface area contributed by atoms with Gasteiger partial charge in [-0.1, -0.05) is 34.6 Å². The predicted molar refractivity (Wildman–Crippen MR) is 143 cm³/mol. The van der Waals surface area contributed by atoms with E-state index in [-0.39, 0.29) is 11.3 Å². The minimum absolute atomic E-state index is 0.167. The van der Waals surface area contributed by atoms with Gasteiger partial charge in [-0.3, -0.25) is 9.59 Å². The Kier molecular flexibility index (Phi) is 8.37. The van der Waals surface area contributed by atoms with E-state index in [9.17, 15) is 9.59 Å². The number of fused-ring (bicyclic) bond motifs is 5. The molecule has 4 aliphatic carbocycles. The Morgan fingerprint density at radius 3 is 2.57 bits per heavy atom. The summed E-state index contributed by atoms with van der Waals surface area (Å²) >= 11 is 0. The Labute approximate surface area is 214 Å². The minimum atomic E-state index is -0.186. The quantitative estimate of drug-likeness (QED) is 0.478. The maximum atomic E-state index is 13.9. The van der Waals surface area contributed by atoms with Gasteiger partial charge in [0.25, 0.3) is 0 Å². The summed E-state index contributed by atoms with van der Waals surface area (Å²) in [6.45, 7) is 15.1. The Morgan fingerprint density at radius 1 is 1.11 bits per heavy atom. The second-order valence-corrected chi connectivity index (χ2v) is 13.2. The fourth-order valence-corrected chi connectivity index (χ4v) is 9.48. The molecule has 4 fully saturated rings. The fraction of sp³-hybridized carbons (Fsp3) is 0.933. The van der Waals surface area contributed by atoms with Gasteiger partial charge >= 0.3 is 0 Å². The molecule has 0 aliphatic heterocycles. The molecule has 4 aliphatic rings. The average Bonchev–Trinajstić information content (AvgIpc) is 3.20. The van der Waals surface area contributed by atoms with Crippen LogP contribution in [0.5, 0.6) is 0 Å². The third kappa shape index (κ3) is 4.98. The molecular weight excluding hydrogens is 434 g/mol. The number of Topliss-reactive ketones (excluding diaryl/α,β-unsaturated/α-hetero) is 1. The lowest BCUT2D eigenvalue weighted by Gasteiger charge is -2.60. The number of amides is 1. The van der Waals surface area contributed by atoms with Gasteiger partial charge in [-0.15, -0.1) is 0 Å². The summed E-state index contributed by atoms with van der Waals surface area (Å²) in [4.78, 5) is 28.8. The third-order valence-corrected chi connectivity index (χ3v) is 11.8. The van der Waals surface area contributed by atoms with E-state index in [4.69, 9.17) is 5.73 Å². The summed E-state index contributed by atoms with van der Waals surface area (Å²) in [5.41, 5.74) is 6.48. The first-order chi connectivity index (χ1) is 16.6. The Balaban J connectivity index is 1.36. The van der Waals surface area contributed by atoms with Crippen LogP contribution in [0.25, 0.3) is 0 Å². The Morgan fingerprint density at radius 2 is 1.86 bits per heavy atom. The first-order valence-corrected chi connectivity index (χ1v) is 14.9. The summed E-state index contributed by atoms with van der Waals surface area (Å²) in [5.74, 6) is 4.06. The minimum Gasteiger partial charge on any atom is -0.355 e. The smallest absolute Gasteiger partial charge is 0.220 e. The SMILES string of the molecule is CCN(CC)CCNC(=O)CC[C@@H](C)[C@H]1CC[C@H]2[C@@H]3CC[C@@H]4C[C@@H](N)CC[C@]4(C)[C@H]3CC(=O)[C@]12C. The molecule has 4 saturated carbocycles. The lowest BCUT2D eigenvalue weighted by molar-refractivity contribution is -0.157. The highest BCUT2D eigenvalue weighted by Crippen LogP contribution is 2.67. The highest BCUT2D eigenvalue weighted by molar-refractivity contribution is 5.87. The summed E-state index contributed by atoms with van der Waals surface area (Å²) in [6, 6.07) is 0.361. The van der Waals surface area contributed by atoms with Crippen LogP contribution in [-0.4, -0.2) is 48.8 Å². The highest BCUT2D eigenvalue weighted by Gasteiger charge is 2.63. The number of nitrogens with one attached hydrogen (secondary N) is 1. The topological polar surface area (TPSA) is 75.4 Å². The van der Waals surface area contributed by atoms with Gasteiger partial charge in [-0.2, -0.15) is 0 Å². The molecule has 0 unspecified atom stereocenters. The van der Waals surface area contributed by atoms with Gasteiger partial charge in [0, 0.05) is 37.4 Å². The molecule has 4 rings (SSSR count). The van der Waals surface area contributed by atoms with Gasteiger partial charge in [0.2, 0.25) is 5.91 Å². The van der Waals surface area contributed by atoms with E-state index in [2.05, 4.69) is 44.8 Å². The number of hydrogen-bond acceptors (Lipinski definition) is 4. The Bertz CT molecular complexity index is 767. The summed E-state index contributed by atoms with van der Waals surface area (Å²) in [6.07, 6.45) is 10.7. The monoisotopic (exact) mass is 487 g/mol. The molecule has 0 aromatic heterocycles. The van der Waals surface area contributed by atoms with E-state index in [0.29, 0.717) is 59.2 Å². The molecule has 0 saturated heterocycles. The molecule has 1 amide bonds. The van der Waals surface area contributed by atoms with Crippen molar-refractivity contribution in [3.63, 3.8) is 0 Å². The molecule has 0 aromatic rings. The first kappa shape index (κ1) is 27.1. The van der Waals surface area contributed by atoms with Crippen molar-refractivity contribution in [1.82, 2.24) is 10.2 Å². The lowest BCUT2D eigenvalue weighted by atomic mass is 9.44. The van der Waals surface area contributed by atoms with Gasteiger partial charge < -0.3 is 16.0 Å². The number of ketones is 1. The van der Waals surface area contributed by atoms with Crippen molar-refractivity contribution in [3.05, 3.63) is 0 Å². The van der Waals surface area contributed by atoms with E-state index >= 15 is 0 Å². The van der Waals surface area contributed by atoms with Crippen LogP contribution in [0, 0.1) is 46.3 Å². The molecule has 0 spiro atoms. The van der Waals surface area contributed by atoms with Crippen molar-refractivity contribution in [2.24, 2.45) is 52.1 Å². The van der Waals surface area contributed by atoms with Crippen molar-refractivity contribution in [1.29, 1.82) is 0 Å². The van der Waals surface area contributed by atoms with E-state index in [1.807, 2.05) is 0 Å². The van der Waals surface area contributed by atoms with Crippen molar-refractivity contribution in [2.75, 3.05) is 26.2 Å². The molecule has 0 bridgehead atoms. The predicted octanol–water partition coefficient (Wildman–Crippen LogP) is 5.03. The molecule has 9 atom stereocenters. The van der Waals surface area contributed by atoms with Crippen molar-refractivity contribution >= 4 is 11.7 Å². The number of carbonyl (C=O) groups excluding carboxylic acids is 2. The van der Waals surface area contributed by atoms with Crippen LogP contribution in [-0.2, 0) is 9.59 Å². The van der Waals surface area contributed by atoms with Crippen LogP contribution in [0.4, 0.5) is 0 Å². The zero-order valence-corrected chi connectivity index (χ0v) is 23.3. The lowest BCUT2D eigenvalue weighted by Crippen LogP contribution is -2.57. The summed E-state index contributed by atoms with van der Waals surface area (Å²) < 4.78 is 0. The summed E-state index contributed by atoms with van der Waals surface area (Å²) in [7, 11) is 0.